The normalized spacial score (nSPS) is 13.6. The Kier molecular flexibility index (Phi) is 8.09. The highest BCUT2D eigenvalue weighted by Gasteiger charge is 2.29. The van der Waals surface area contributed by atoms with Gasteiger partial charge in [0.2, 0.25) is 17.7 Å². The van der Waals surface area contributed by atoms with Gasteiger partial charge in [-0.3, -0.25) is 14.4 Å². The van der Waals surface area contributed by atoms with Gasteiger partial charge >= 0.3 is 5.97 Å². The van der Waals surface area contributed by atoms with Gasteiger partial charge in [-0.1, -0.05) is 12.1 Å². The average Bonchev–Trinajstić information content (AvgIpc) is 3.21. The van der Waals surface area contributed by atoms with E-state index in [4.69, 9.17) is 11.5 Å². The highest BCUT2D eigenvalue weighted by Crippen LogP contribution is 2.12. The molecule has 1 aromatic carbocycles. The lowest BCUT2D eigenvalue weighted by Gasteiger charge is -2.23. The van der Waals surface area contributed by atoms with Gasteiger partial charge in [-0.25, -0.2) is 9.78 Å². The van der Waals surface area contributed by atoms with Gasteiger partial charge in [-0.2, -0.15) is 0 Å². The number of carboxylic acids is 1. The SMILES string of the molecule is NC(=O)C[C@H](N)C(=O)N[C@@H](Cc1ccc(O)cc1)C(=O)N[C@@H](Cc1cnc[nH]1)C(=O)O. The number of aliphatic carboxylic acids is 1. The number of benzene rings is 1. The van der Waals surface area contributed by atoms with Gasteiger partial charge in [0.25, 0.3) is 0 Å². The van der Waals surface area contributed by atoms with Crippen LogP contribution < -0.4 is 22.1 Å². The summed E-state index contributed by atoms with van der Waals surface area (Å²) in [4.78, 5) is 54.3. The molecule has 0 saturated carbocycles. The lowest BCUT2D eigenvalue weighted by molar-refractivity contribution is -0.142. The van der Waals surface area contributed by atoms with Gasteiger partial charge in [0, 0.05) is 24.7 Å². The maximum Gasteiger partial charge on any atom is 0.326 e. The van der Waals surface area contributed by atoms with Crippen LogP contribution in [0.25, 0.3) is 0 Å². The number of hydrogen-bond acceptors (Lipinski definition) is 7. The smallest absolute Gasteiger partial charge is 0.326 e. The van der Waals surface area contributed by atoms with Crippen LogP contribution in [0.3, 0.4) is 0 Å². The number of carbonyl (C=O) groups excluding carboxylic acids is 3. The summed E-state index contributed by atoms with van der Waals surface area (Å²) in [5, 5.41) is 23.7. The highest BCUT2D eigenvalue weighted by molar-refractivity contribution is 5.93. The molecule has 12 heteroatoms. The summed E-state index contributed by atoms with van der Waals surface area (Å²) in [5.41, 5.74) is 11.8. The Labute approximate surface area is 177 Å². The lowest BCUT2D eigenvalue weighted by atomic mass is 10.0. The number of phenolic OH excluding ortho intramolecular Hbond substituents is 1. The number of imidazole rings is 1. The van der Waals surface area contributed by atoms with E-state index in [9.17, 15) is 29.4 Å². The number of nitrogens with zero attached hydrogens (tertiary/aromatic N) is 1. The van der Waals surface area contributed by atoms with Crippen LogP contribution in [0.4, 0.5) is 0 Å². The molecule has 0 unspecified atom stereocenters. The van der Waals surface area contributed by atoms with Gasteiger partial charge in [0.05, 0.1) is 18.8 Å². The van der Waals surface area contributed by atoms with Crippen LogP contribution in [0.1, 0.15) is 17.7 Å². The molecule has 0 spiro atoms. The van der Waals surface area contributed by atoms with E-state index in [-0.39, 0.29) is 18.6 Å². The molecule has 0 radical (unpaired) electrons. The topological polar surface area (TPSA) is 214 Å². The summed E-state index contributed by atoms with van der Waals surface area (Å²) < 4.78 is 0. The van der Waals surface area contributed by atoms with Crippen LogP contribution in [-0.4, -0.2) is 62.0 Å². The van der Waals surface area contributed by atoms with Crippen molar-refractivity contribution in [2.45, 2.75) is 37.4 Å². The summed E-state index contributed by atoms with van der Waals surface area (Å²) in [6.07, 6.45) is 2.32. The van der Waals surface area contributed by atoms with Crippen molar-refractivity contribution in [2.75, 3.05) is 0 Å². The number of phenols is 1. The molecular weight excluding hydrogens is 408 g/mol. The minimum Gasteiger partial charge on any atom is -0.508 e. The second-order valence-electron chi connectivity index (χ2n) is 6.89. The first kappa shape index (κ1) is 23.3. The van der Waals surface area contributed by atoms with E-state index in [0.717, 1.165) is 0 Å². The zero-order chi connectivity index (χ0) is 23.0. The Bertz CT molecular complexity index is 914. The van der Waals surface area contributed by atoms with Gasteiger partial charge in [-0.05, 0) is 17.7 Å². The molecule has 0 saturated heterocycles. The number of hydrogen-bond donors (Lipinski definition) is 7. The zero-order valence-corrected chi connectivity index (χ0v) is 16.4. The van der Waals surface area contributed by atoms with E-state index in [1.807, 2.05) is 0 Å². The second kappa shape index (κ2) is 10.7. The summed E-state index contributed by atoms with van der Waals surface area (Å²) in [6, 6.07) is 2.15. The van der Waals surface area contributed by atoms with E-state index in [1.165, 1.54) is 24.7 Å². The predicted octanol–water partition coefficient (Wildman–Crippen LogP) is -1.84. The Balaban J connectivity index is 2.16. The first-order valence-electron chi connectivity index (χ1n) is 9.28. The number of carboxylic acid groups (broad SMARTS) is 1. The molecule has 12 nitrogen and oxygen atoms in total. The van der Waals surface area contributed by atoms with Gasteiger partial charge in [0.1, 0.15) is 17.8 Å². The molecule has 3 atom stereocenters. The first-order valence-corrected chi connectivity index (χ1v) is 9.28. The third-order valence-electron chi connectivity index (χ3n) is 4.36. The molecule has 1 heterocycles. The van der Waals surface area contributed by atoms with Crippen molar-refractivity contribution in [2.24, 2.45) is 11.5 Å². The fourth-order valence-electron chi connectivity index (χ4n) is 2.75. The quantitative estimate of drug-likeness (QED) is 0.214. The van der Waals surface area contributed by atoms with Gasteiger partial charge < -0.3 is 37.3 Å². The van der Waals surface area contributed by atoms with Crippen LogP contribution in [0.15, 0.2) is 36.8 Å². The van der Waals surface area contributed by atoms with Crippen molar-refractivity contribution in [3.8, 4) is 5.75 Å². The number of nitrogens with two attached hydrogens (primary N) is 2. The van der Waals surface area contributed by atoms with Gasteiger partial charge in [-0.15, -0.1) is 0 Å². The average molecular weight is 432 g/mol. The number of H-pyrrole nitrogens is 1. The summed E-state index contributed by atoms with van der Waals surface area (Å²) in [7, 11) is 0. The molecule has 9 N–H and O–H groups in total. The molecule has 0 aliphatic heterocycles. The second-order valence-corrected chi connectivity index (χ2v) is 6.89. The molecule has 0 fully saturated rings. The van der Waals surface area contributed by atoms with Crippen LogP contribution in [0.5, 0.6) is 5.75 Å². The van der Waals surface area contributed by atoms with E-state index < -0.39 is 48.2 Å². The molecule has 0 bridgehead atoms. The Morgan fingerprint density at radius 3 is 2.23 bits per heavy atom. The molecule has 3 amide bonds. The fraction of sp³-hybridized carbons (Fsp3) is 0.316. The Morgan fingerprint density at radius 2 is 1.68 bits per heavy atom. The number of aromatic amines is 1. The first-order chi connectivity index (χ1) is 14.7. The number of rotatable bonds is 11. The summed E-state index contributed by atoms with van der Waals surface area (Å²) in [5.74, 6) is -3.60. The van der Waals surface area contributed by atoms with Crippen molar-refractivity contribution in [1.29, 1.82) is 0 Å². The van der Waals surface area contributed by atoms with E-state index >= 15 is 0 Å². The minimum atomic E-state index is -1.29. The fourth-order valence-corrected chi connectivity index (χ4v) is 2.75. The van der Waals surface area contributed by atoms with Crippen LogP contribution in [0, 0.1) is 0 Å². The summed E-state index contributed by atoms with van der Waals surface area (Å²) in [6.45, 7) is 0. The maximum absolute atomic E-state index is 12.8. The number of aromatic hydroxyl groups is 1. The van der Waals surface area contributed by atoms with Crippen LogP contribution in [0.2, 0.25) is 0 Å². The molecule has 1 aromatic heterocycles. The molecule has 166 valence electrons. The monoisotopic (exact) mass is 432 g/mol. The highest BCUT2D eigenvalue weighted by atomic mass is 16.4. The maximum atomic E-state index is 12.8. The minimum absolute atomic E-state index is 0.0163. The Morgan fingerprint density at radius 1 is 1.03 bits per heavy atom. The van der Waals surface area contributed by atoms with Crippen molar-refractivity contribution in [3.63, 3.8) is 0 Å². The van der Waals surface area contributed by atoms with Crippen LogP contribution in [-0.2, 0) is 32.0 Å². The Hall–Kier alpha value is -3.93. The third-order valence-corrected chi connectivity index (χ3v) is 4.36. The molecule has 0 aliphatic rings. The molecule has 2 aromatic rings. The van der Waals surface area contributed by atoms with Crippen molar-refractivity contribution in [3.05, 3.63) is 48.0 Å². The number of aromatic nitrogens is 2. The number of amides is 3. The number of primary amides is 1. The van der Waals surface area contributed by atoms with Crippen LogP contribution >= 0.6 is 0 Å². The van der Waals surface area contributed by atoms with E-state index in [1.54, 1.807) is 12.1 Å². The number of carbonyl (C=O) groups is 4. The molecule has 2 rings (SSSR count). The number of nitrogens with one attached hydrogen (secondary N) is 3. The van der Waals surface area contributed by atoms with Crippen molar-refractivity contribution in [1.82, 2.24) is 20.6 Å². The van der Waals surface area contributed by atoms with E-state index in [0.29, 0.717) is 11.3 Å². The van der Waals surface area contributed by atoms with Crippen molar-refractivity contribution >= 4 is 23.7 Å². The van der Waals surface area contributed by atoms with E-state index in [2.05, 4.69) is 20.6 Å². The zero-order valence-electron chi connectivity index (χ0n) is 16.4. The van der Waals surface area contributed by atoms with Gasteiger partial charge in [0.15, 0.2) is 0 Å². The third kappa shape index (κ3) is 7.44. The standard InChI is InChI=1S/C19H24N6O6/c20-13(7-16(21)27)17(28)24-14(5-10-1-3-12(26)4-2-10)18(29)25-15(19(30)31)6-11-8-22-9-23-11/h1-4,8-9,13-15,26H,5-7,20H2,(H2,21,27)(H,22,23)(H,24,28)(H,25,29)(H,30,31)/t13-,14-,15-/m0/s1. The largest absolute Gasteiger partial charge is 0.508 e. The summed E-state index contributed by atoms with van der Waals surface area (Å²) >= 11 is 0. The molecule has 31 heavy (non-hydrogen) atoms. The lowest BCUT2D eigenvalue weighted by Crippen LogP contribution is -2.56. The molecular formula is C19H24N6O6. The predicted molar refractivity (Wildman–Crippen MR) is 107 cm³/mol. The van der Waals surface area contributed by atoms with Crippen molar-refractivity contribution < 1.29 is 29.4 Å². The molecule has 0 aliphatic carbocycles.